The molecule has 3 aromatic heterocycles. The number of H-pyrrole nitrogens is 1. The van der Waals surface area contributed by atoms with Crippen LogP contribution in [0.5, 0.6) is 0 Å². The quantitative estimate of drug-likeness (QED) is 0.362. The van der Waals surface area contributed by atoms with Crippen molar-refractivity contribution in [1.29, 1.82) is 0 Å². The van der Waals surface area contributed by atoms with Gasteiger partial charge in [-0.15, -0.1) is 0 Å². The molecule has 0 bridgehead atoms. The number of aromatic carboxylic acids is 1. The van der Waals surface area contributed by atoms with E-state index in [1.807, 2.05) is 12.1 Å². The molecule has 0 amide bonds. The van der Waals surface area contributed by atoms with Crippen molar-refractivity contribution in [1.82, 2.24) is 19.7 Å². The number of halogens is 2. The highest BCUT2D eigenvalue weighted by atomic mass is 19.1. The third kappa shape index (κ3) is 3.55. The molecule has 0 saturated carbocycles. The van der Waals surface area contributed by atoms with Gasteiger partial charge in [-0.1, -0.05) is 0 Å². The second kappa shape index (κ2) is 8.28. The van der Waals surface area contributed by atoms with Crippen molar-refractivity contribution in [3.05, 3.63) is 77.9 Å². The number of hydrogen-bond acceptors (Lipinski definition) is 4. The Hall–Kier alpha value is -4.11. The maximum atomic E-state index is 14.8. The minimum atomic E-state index is -1.42. The van der Waals surface area contributed by atoms with Gasteiger partial charge in [0, 0.05) is 58.6 Å². The molecular weight excluding hydrogens is 454 g/mol. The summed E-state index contributed by atoms with van der Waals surface area (Å²) < 4.78 is 36.3. The Bertz CT molecular complexity index is 1580. The summed E-state index contributed by atoms with van der Waals surface area (Å²) in [6, 6.07) is 11.4. The van der Waals surface area contributed by atoms with Gasteiger partial charge in [-0.25, -0.2) is 18.6 Å². The van der Waals surface area contributed by atoms with E-state index in [0.29, 0.717) is 18.8 Å². The highest BCUT2D eigenvalue weighted by Gasteiger charge is 2.29. The number of aromatic amines is 1. The highest BCUT2D eigenvalue weighted by molar-refractivity contribution is 6.05. The second-order valence-corrected chi connectivity index (χ2v) is 8.64. The van der Waals surface area contributed by atoms with Crippen LogP contribution in [0.4, 0.5) is 8.78 Å². The van der Waals surface area contributed by atoms with E-state index in [1.165, 1.54) is 24.4 Å². The standard InChI is InChI=1S/C26H20F2N4O3/c27-17-1-3-18(4-2-17)32-22-10-15-13-30-31-21(15)11-19(22)23(25(32)14-5-7-35-8-6-14)16-9-20(28)24(26(33)34)29-12-16/h1-4,9-14H,5-8H2,(H,30,31)(H,33,34). The van der Waals surface area contributed by atoms with Gasteiger partial charge in [-0.05, 0) is 55.3 Å². The molecule has 1 saturated heterocycles. The van der Waals surface area contributed by atoms with E-state index in [1.54, 1.807) is 18.3 Å². The van der Waals surface area contributed by atoms with E-state index in [2.05, 4.69) is 19.7 Å². The minimum Gasteiger partial charge on any atom is -0.476 e. The van der Waals surface area contributed by atoms with Crippen LogP contribution in [0.3, 0.4) is 0 Å². The molecule has 0 aliphatic carbocycles. The smallest absolute Gasteiger partial charge is 0.357 e. The number of pyridine rings is 1. The van der Waals surface area contributed by atoms with Crippen LogP contribution in [0.25, 0.3) is 38.6 Å². The van der Waals surface area contributed by atoms with Crippen molar-refractivity contribution in [2.75, 3.05) is 13.2 Å². The van der Waals surface area contributed by atoms with Crippen LogP contribution in [0.2, 0.25) is 0 Å². The molecule has 0 atom stereocenters. The van der Waals surface area contributed by atoms with Crippen LogP contribution in [-0.4, -0.2) is 44.0 Å². The van der Waals surface area contributed by atoms with E-state index in [-0.39, 0.29) is 11.7 Å². The monoisotopic (exact) mass is 474 g/mol. The van der Waals surface area contributed by atoms with E-state index < -0.39 is 17.5 Å². The maximum Gasteiger partial charge on any atom is 0.357 e. The molecule has 1 aliphatic rings. The van der Waals surface area contributed by atoms with Gasteiger partial charge in [0.15, 0.2) is 11.5 Å². The van der Waals surface area contributed by atoms with Gasteiger partial charge in [0.25, 0.3) is 0 Å². The zero-order valence-electron chi connectivity index (χ0n) is 18.5. The molecule has 9 heteroatoms. The molecule has 5 aromatic rings. The van der Waals surface area contributed by atoms with Gasteiger partial charge in [0.1, 0.15) is 5.82 Å². The van der Waals surface area contributed by atoms with Gasteiger partial charge in [0.05, 0.1) is 17.2 Å². The fraction of sp³-hybridized carbons (Fsp3) is 0.192. The zero-order chi connectivity index (χ0) is 24.1. The van der Waals surface area contributed by atoms with Gasteiger partial charge in [0.2, 0.25) is 0 Å². The number of hydrogen-bond donors (Lipinski definition) is 2. The Kier molecular flexibility index (Phi) is 5.07. The number of rotatable bonds is 4. The van der Waals surface area contributed by atoms with Gasteiger partial charge in [-0.3, -0.25) is 5.10 Å². The number of benzene rings is 2. The lowest BCUT2D eigenvalue weighted by molar-refractivity contribution is 0.0685. The summed E-state index contributed by atoms with van der Waals surface area (Å²) >= 11 is 0. The van der Waals surface area contributed by atoms with Crippen LogP contribution in [-0.2, 0) is 4.74 Å². The number of nitrogens with one attached hydrogen (secondary N) is 1. The summed E-state index contributed by atoms with van der Waals surface area (Å²) in [5, 5.41) is 18.1. The van der Waals surface area contributed by atoms with Crippen molar-refractivity contribution in [3.63, 3.8) is 0 Å². The number of carbonyl (C=O) groups is 1. The number of carboxylic acids is 1. The first kappa shape index (κ1) is 21.4. The van der Waals surface area contributed by atoms with Crippen LogP contribution < -0.4 is 0 Å². The Morgan fingerprint density at radius 2 is 1.86 bits per heavy atom. The van der Waals surface area contributed by atoms with Crippen molar-refractivity contribution in [2.24, 2.45) is 0 Å². The molecule has 0 unspecified atom stereocenters. The molecule has 35 heavy (non-hydrogen) atoms. The molecule has 1 fully saturated rings. The van der Waals surface area contributed by atoms with Gasteiger partial charge < -0.3 is 14.4 Å². The number of ether oxygens (including phenoxy) is 1. The Morgan fingerprint density at radius 1 is 1.09 bits per heavy atom. The van der Waals surface area contributed by atoms with Gasteiger partial charge >= 0.3 is 5.97 Å². The fourth-order valence-corrected chi connectivity index (χ4v) is 5.01. The van der Waals surface area contributed by atoms with Crippen LogP contribution in [0.1, 0.15) is 34.9 Å². The molecule has 4 heterocycles. The third-order valence-electron chi connectivity index (χ3n) is 6.59. The van der Waals surface area contributed by atoms with Crippen molar-refractivity contribution in [3.8, 4) is 16.8 Å². The van der Waals surface area contributed by atoms with E-state index >= 15 is 0 Å². The van der Waals surface area contributed by atoms with Crippen LogP contribution in [0, 0.1) is 11.6 Å². The molecule has 2 aromatic carbocycles. The van der Waals surface area contributed by atoms with E-state index in [0.717, 1.165) is 51.6 Å². The van der Waals surface area contributed by atoms with E-state index in [4.69, 9.17) is 4.74 Å². The molecule has 2 N–H and O–H groups in total. The lowest BCUT2D eigenvalue weighted by Crippen LogP contribution is -2.17. The number of carboxylic acid groups (broad SMARTS) is 1. The number of fused-ring (bicyclic) bond motifs is 2. The maximum absolute atomic E-state index is 14.8. The second-order valence-electron chi connectivity index (χ2n) is 8.64. The zero-order valence-corrected chi connectivity index (χ0v) is 18.5. The molecule has 1 aliphatic heterocycles. The molecular formula is C26H20F2N4O3. The average molecular weight is 474 g/mol. The normalized spacial score (nSPS) is 14.7. The molecule has 7 nitrogen and oxygen atoms in total. The average Bonchev–Trinajstić information content (AvgIpc) is 3.45. The summed E-state index contributed by atoms with van der Waals surface area (Å²) in [4.78, 5) is 15.3. The molecule has 0 spiro atoms. The number of nitrogens with zero attached hydrogens (tertiary/aromatic N) is 3. The molecule has 0 radical (unpaired) electrons. The van der Waals surface area contributed by atoms with Crippen molar-refractivity contribution in [2.45, 2.75) is 18.8 Å². The van der Waals surface area contributed by atoms with Gasteiger partial charge in [-0.2, -0.15) is 5.10 Å². The topological polar surface area (TPSA) is 93.0 Å². The van der Waals surface area contributed by atoms with Crippen LogP contribution in [0.15, 0.2) is 54.9 Å². The summed E-state index contributed by atoms with van der Waals surface area (Å²) in [7, 11) is 0. The summed E-state index contributed by atoms with van der Waals surface area (Å²) in [5.41, 5.74) is 3.96. The predicted molar refractivity (Wildman–Crippen MR) is 126 cm³/mol. The number of aromatic nitrogens is 4. The highest BCUT2D eigenvalue weighted by Crippen LogP contribution is 2.44. The summed E-state index contributed by atoms with van der Waals surface area (Å²) in [5.74, 6) is -2.59. The van der Waals surface area contributed by atoms with E-state index in [9.17, 15) is 18.7 Å². The molecule has 176 valence electrons. The summed E-state index contributed by atoms with van der Waals surface area (Å²) in [6.07, 6.45) is 4.64. The Balaban J connectivity index is 1.73. The molecule has 6 rings (SSSR count). The van der Waals surface area contributed by atoms with Crippen LogP contribution >= 0.6 is 0 Å². The van der Waals surface area contributed by atoms with Crippen molar-refractivity contribution >= 4 is 27.8 Å². The summed E-state index contributed by atoms with van der Waals surface area (Å²) in [6.45, 7) is 1.18. The Morgan fingerprint density at radius 3 is 2.57 bits per heavy atom. The predicted octanol–water partition coefficient (Wildman–Crippen LogP) is 5.44. The third-order valence-corrected chi connectivity index (χ3v) is 6.59. The lowest BCUT2D eigenvalue weighted by atomic mass is 9.90. The minimum absolute atomic E-state index is 0.0786. The lowest BCUT2D eigenvalue weighted by Gasteiger charge is -2.25. The SMILES string of the molecule is O=C(O)c1ncc(-c2c(C3CCOCC3)n(-c3ccc(F)cc3)c3cc4cn[nH]c4cc23)cc1F. The first-order valence-electron chi connectivity index (χ1n) is 11.3. The first-order valence-corrected chi connectivity index (χ1v) is 11.3. The largest absolute Gasteiger partial charge is 0.476 e. The van der Waals surface area contributed by atoms with Crippen molar-refractivity contribution < 1.29 is 23.4 Å². The first-order chi connectivity index (χ1) is 17.0. The fourth-order valence-electron chi connectivity index (χ4n) is 5.01. The Labute approximate surface area is 198 Å².